The molecule has 2 unspecified atom stereocenters. The number of carbonyl (C=O) groups is 4. The second-order valence-corrected chi connectivity index (χ2v) is 10.2. The molecule has 0 bridgehead atoms. The summed E-state index contributed by atoms with van der Waals surface area (Å²) in [6.45, 7) is 14.1. The fourth-order valence-electron chi connectivity index (χ4n) is 3.07. The van der Waals surface area contributed by atoms with Gasteiger partial charge in [0, 0.05) is 11.6 Å². The number of hydrogen-bond donors (Lipinski definition) is 3. The van der Waals surface area contributed by atoms with E-state index in [0.717, 1.165) is 16.0 Å². The fraction of sp³-hybridized carbons (Fsp3) is 0.520. The smallest absolute Gasteiger partial charge is 0.408 e. The zero-order valence-corrected chi connectivity index (χ0v) is 21.2. The first-order valence-corrected chi connectivity index (χ1v) is 10.9. The van der Waals surface area contributed by atoms with Gasteiger partial charge in [-0.15, -0.1) is 0 Å². The van der Waals surface area contributed by atoms with Crippen LogP contribution in [0.4, 0.5) is 4.79 Å². The lowest BCUT2D eigenvalue weighted by Gasteiger charge is -2.32. The van der Waals surface area contributed by atoms with Crippen LogP contribution in [-0.2, 0) is 19.1 Å². The number of nitrogens with two attached hydrogens (primary N) is 1. The number of aryl methyl sites for hydroxylation is 2. The largest absolute Gasteiger partial charge is 0.444 e. The number of hydrogen-bond acceptors (Lipinski definition) is 5. The molecule has 0 fully saturated rings. The Labute approximate surface area is 201 Å². The number of carbonyl (C=O) groups excluding carboxylic acids is 4. The number of benzene rings is 1. The highest BCUT2D eigenvalue weighted by atomic mass is 16.6. The Morgan fingerprint density at radius 3 is 2.12 bits per heavy atom. The van der Waals surface area contributed by atoms with Crippen molar-refractivity contribution in [1.29, 1.82) is 0 Å². The van der Waals surface area contributed by atoms with Crippen LogP contribution in [0.3, 0.4) is 0 Å². The molecule has 0 spiro atoms. The quantitative estimate of drug-likeness (QED) is 0.414. The maximum Gasteiger partial charge on any atom is 0.408 e. The van der Waals surface area contributed by atoms with Crippen molar-refractivity contribution >= 4 is 23.8 Å². The van der Waals surface area contributed by atoms with Crippen molar-refractivity contribution < 1.29 is 23.9 Å². The fourth-order valence-corrected chi connectivity index (χ4v) is 3.07. The van der Waals surface area contributed by atoms with E-state index in [9.17, 15) is 19.2 Å². The molecule has 0 aliphatic rings. The van der Waals surface area contributed by atoms with E-state index in [0.29, 0.717) is 5.56 Å². The third kappa shape index (κ3) is 8.77. The van der Waals surface area contributed by atoms with Crippen LogP contribution in [-0.4, -0.2) is 45.9 Å². The Morgan fingerprint density at radius 1 is 1.09 bits per heavy atom. The summed E-state index contributed by atoms with van der Waals surface area (Å²) < 4.78 is 5.20. The second-order valence-electron chi connectivity index (χ2n) is 10.2. The average Bonchev–Trinajstić information content (AvgIpc) is 2.64. The summed E-state index contributed by atoms with van der Waals surface area (Å²) in [5.41, 5.74) is 6.23. The molecule has 186 valence electrons. The van der Waals surface area contributed by atoms with Gasteiger partial charge in [0.1, 0.15) is 17.7 Å². The van der Waals surface area contributed by atoms with Crippen molar-refractivity contribution in [2.24, 2.45) is 5.73 Å². The van der Waals surface area contributed by atoms with Gasteiger partial charge in [0.25, 0.3) is 5.91 Å². The van der Waals surface area contributed by atoms with E-state index in [2.05, 4.69) is 16.7 Å². The summed E-state index contributed by atoms with van der Waals surface area (Å²) in [5, 5.41) is 5.19. The maximum absolute atomic E-state index is 13.5. The Kier molecular flexibility index (Phi) is 9.26. The molecular weight excluding hydrogens is 436 g/mol. The average molecular weight is 473 g/mol. The van der Waals surface area contributed by atoms with Crippen molar-refractivity contribution in [2.75, 3.05) is 0 Å². The minimum absolute atomic E-state index is 0.478. The third-order valence-electron chi connectivity index (χ3n) is 4.62. The van der Waals surface area contributed by atoms with Crippen LogP contribution in [0.2, 0.25) is 0 Å². The number of alkyl carbamates (subject to hydrolysis) is 1. The van der Waals surface area contributed by atoms with E-state index >= 15 is 0 Å². The van der Waals surface area contributed by atoms with Crippen LogP contribution in [0.1, 0.15) is 70.7 Å². The summed E-state index contributed by atoms with van der Waals surface area (Å²) in [4.78, 5) is 51.6. The van der Waals surface area contributed by atoms with Gasteiger partial charge in [0.2, 0.25) is 11.8 Å². The van der Waals surface area contributed by atoms with Crippen molar-refractivity contribution in [2.45, 2.75) is 85.0 Å². The molecule has 9 heteroatoms. The van der Waals surface area contributed by atoms with Crippen LogP contribution < -0.4 is 16.4 Å². The molecule has 0 radical (unpaired) electrons. The van der Waals surface area contributed by atoms with Gasteiger partial charge < -0.3 is 21.1 Å². The van der Waals surface area contributed by atoms with Crippen LogP contribution in [0.15, 0.2) is 18.2 Å². The van der Waals surface area contributed by atoms with Gasteiger partial charge in [-0.05, 0) is 72.1 Å². The van der Waals surface area contributed by atoms with Gasteiger partial charge in [0.15, 0.2) is 0 Å². The van der Waals surface area contributed by atoms with Crippen LogP contribution >= 0.6 is 0 Å². The molecule has 1 aromatic carbocycles. The van der Waals surface area contributed by atoms with Crippen LogP contribution in [0, 0.1) is 26.3 Å². The Bertz CT molecular complexity index is 982. The van der Waals surface area contributed by atoms with E-state index in [1.807, 2.05) is 19.9 Å². The molecule has 0 aliphatic carbocycles. The number of rotatable bonds is 7. The minimum atomic E-state index is -1.43. The first-order valence-electron chi connectivity index (χ1n) is 10.9. The zero-order valence-electron chi connectivity index (χ0n) is 21.2. The first-order chi connectivity index (χ1) is 15.4. The normalized spacial score (nSPS) is 13.1. The van der Waals surface area contributed by atoms with E-state index in [1.165, 1.54) is 0 Å². The van der Waals surface area contributed by atoms with Crippen molar-refractivity contribution in [1.82, 2.24) is 15.5 Å². The Hall–Kier alpha value is -3.54. The molecule has 34 heavy (non-hydrogen) atoms. The highest BCUT2D eigenvalue weighted by Crippen LogP contribution is 2.25. The number of amides is 4. The summed E-state index contributed by atoms with van der Waals surface area (Å²) in [7, 11) is 0. The molecule has 0 aliphatic heterocycles. The first kappa shape index (κ1) is 28.5. The van der Waals surface area contributed by atoms with Gasteiger partial charge in [-0.25, -0.2) is 4.79 Å². The number of nitrogens with one attached hydrogen (secondary N) is 2. The standard InChI is InChI=1S/C25H36N4O5/c1-10-29(22(32)18(14-19(26)30)27-23(33)34-25(7,8)9)20(21(31)28-24(4,5)6)17-12-11-15(2)16(3)13-17/h1,11-13,18,20H,14H2,2-9H3,(H2,26,30)(H,27,33)(H,28,31). The SMILES string of the molecule is C#CN(C(=O)C(CC(N)=O)NC(=O)OC(C)(C)C)C(C(=O)NC(C)(C)C)c1ccc(C)c(C)c1. The van der Waals surface area contributed by atoms with E-state index < -0.39 is 53.5 Å². The topological polar surface area (TPSA) is 131 Å². The molecule has 4 N–H and O–H groups in total. The molecule has 1 aromatic rings. The molecule has 9 nitrogen and oxygen atoms in total. The Morgan fingerprint density at radius 2 is 1.68 bits per heavy atom. The molecule has 2 atom stereocenters. The number of primary amides is 1. The second kappa shape index (κ2) is 11.1. The lowest BCUT2D eigenvalue weighted by atomic mass is 9.97. The number of ether oxygens (including phenoxy) is 1. The number of terminal acetylenes is 1. The van der Waals surface area contributed by atoms with Gasteiger partial charge in [-0.3, -0.25) is 19.3 Å². The lowest BCUT2D eigenvalue weighted by molar-refractivity contribution is -0.140. The summed E-state index contributed by atoms with van der Waals surface area (Å²) in [5.74, 6) is -2.20. The Balaban J connectivity index is 3.47. The molecule has 0 saturated carbocycles. The molecule has 1 rings (SSSR count). The summed E-state index contributed by atoms with van der Waals surface area (Å²) in [6, 6.07) is 4.90. The van der Waals surface area contributed by atoms with E-state index in [1.54, 1.807) is 53.7 Å². The third-order valence-corrected chi connectivity index (χ3v) is 4.62. The maximum atomic E-state index is 13.5. The van der Waals surface area contributed by atoms with E-state index in [4.69, 9.17) is 16.9 Å². The summed E-state index contributed by atoms with van der Waals surface area (Å²) in [6.07, 6.45) is 4.24. The highest BCUT2D eigenvalue weighted by molar-refractivity contribution is 5.95. The molecule has 4 amide bonds. The lowest BCUT2D eigenvalue weighted by Crippen LogP contribution is -2.54. The van der Waals surface area contributed by atoms with Gasteiger partial charge >= 0.3 is 6.09 Å². The van der Waals surface area contributed by atoms with Crippen LogP contribution in [0.25, 0.3) is 0 Å². The predicted molar refractivity (Wildman–Crippen MR) is 129 cm³/mol. The monoisotopic (exact) mass is 472 g/mol. The molecular formula is C25H36N4O5. The highest BCUT2D eigenvalue weighted by Gasteiger charge is 2.37. The van der Waals surface area contributed by atoms with E-state index in [-0.39, 0.29) is 0 Å². The van der Waals surface area contributed by atoms with Gasteiger partial charge in [0.05, 0.1) is 6.42 Å². The summed E-state index contributed by atoms with van der Waals surface area (Å²) >= 11 is 0. The van der Waals surface area contributed by atoms with Crippen molar-refractivity contribution in [3.8, 4) is 12.5 Å². The van der Waals surface area contributed by atoms with Gasteiger partial charge in [-0.1, -0.05) is 24.6 Å². The zero-order chi connectivity index (χ0) is 26.4. The minimum Gasteiger partial charge on any atom is -0.444 e. The number of nitrogens with zero attached hydrogens (tertiary/aromatic N) is 1. The molecule has 0 saturated heterocycles. The molecule has 0 heterocycles. The molecule has 0 aromatic heterocycles. The predicted octanol–water partition coefficient (Wildman–Crippen LogP) is 2.45. The van der Waals surface area contributed by atoms with Crippen LogP contribution in [0.5, 0.6) is 0 Å². The van der Waals surface area contributed by atoms with Crippen molar-refractivity contribution in [3.63, 3.8) is 0 Å². The van der Waals surface area contributed by atoms with Crippen molar-refractivity contribution in [3.05, 3.63) is 34.9 Å². The van der Waals surface area contributed by atoms with Gasteiger partial charge in [-0.2, -0.15) is 0 Å².